The molecule has 2 aromatic carbocycles. The van der Waals surface area contributed by atoms with Gasteiger partial charge in [0, 0.05) is 13.0 Å². The van der Waals surface area contributed by atoms with Gasteiger partial charge in [-0.25, -0.2) is 0 Å². The number of nitrogens with two attached hydrogens (primary N) is 2. The monoisotopic (exact) mass is 382 g/mol. The van der Waals surface area contributed by atoms with Crippen LogP contribution in [0.3, 0.4) is 0 Å². The van der Waals surface area contributed by atoms with Crippen LogP contribution in [0.2, 0.25) is 0 Å². The second-order valence-corrected chi connectivity index (χ2v) is 7.57. The molecule has 4 heteroatoms. The summed E-state index contributed by atoms with van der Waals surface area (Å²) in [6.07, 6.45) is 6.28. The maximum absolute atomic E-state index is 10.9. The molecule has 5 N–H and O–H groups in total. The Morgan fingerprint density at radius 1 is 0.893 bits per heavy atom. The van der Waals surface area contributed by atoms with E-state index >= 15 is 0 Å². The molecule has 2 atom stereocenters. The Morgan fingerprint density at radius 2 is 1.43 bits per heavy atom. The minimum atomic E-state index is -0.634. The summed E-state index contributed by atoms with van der Waals surface area (Å²) in [6.45, 7) is 2.71. The van der Waals surface area contributed by atoms with Crippen molar-refractivity contribution >= 4 is 5.91 Å². The first-order valence-electron chi connectivity index (χ1n) is 10.4. The molecule has 28 heavy (non-hydrogen) atoms. The molecular formula is C24H34N2O2. The third-order valence-corrected chi connectivity index (χ3v) is 5.39. The number of hydrogen-bond donors (Lipinski definition) is 3. The van der Waals surface area contributed by atoms with Gasteiger partial charge in [0.2, 0.25) is 5.91 Å². The van der Waals surface area contributed by atoms with Gasteiger partial charge < -0.3 is 16.6 Å². The van der Waals surface area contributed by atoms with Gasteiger partial charge in [0.25, 0.3) is 0 Å². The first kappa shape index (κ1) is 22.1. The highest BCUT2D eigenvalue weighted by Gasteiger charge is 2.14. The van der Waals surface area contributed by atoms with Crippen molar-refractivity contribution in [3.8, 4) is 0 Å². The molecule has 0 radical (unpaired) electrons. The molecule has 0 aromatic heterocycles. The number of benzene rings is 2. The molecule has 2 unspecified atom stereocenters. The summed E-state index contributed by atoms with van der Waals surface area (Å²) in [4.78, 5) is 10.9. The largest absolute Gasteiger partial charge is 0.384 e. The zero-order valence-corrected chi connectivity index (χ0v) is 16.9. The van der Waals surface area contributed by atoms with E-state index in [-0.39, 0.29) is 5.91 Å². The Hall–Kier alpha value is -2.17. The fourth-order valence-corrected chi connectivity index (χ4v) is 3.60. The van der Waals surface area contributed by atoms with Gasteiger partial charge in [-0.1, -0.05) is 74.7 Å². The van der Waals surface area contributed by atoms with Gasteiger partial charge in [0.1, 0.15) is 6.10 Å². The minimum absolute atomic E-state index is 0.219. The Balaban J connectivity index is 2.03. The molecule has 1 amide bonds. The predicted molar refractivity (Wildman–Crippen MR) is 115 cm³/mol. The maximum atomic E-state index is 10.9. The Kier molecular flexibility index (Phi) is 9.18. The molecule has 4 nitrogen and oxygen atoms in total. The second kappa shape index (κ2) is 11.6. The van der Waals surface area contributed by atoms with Crippen molar-refractivity contribution in [1.29, 1.82) is 0 Å². The molecular weight excluding hydrogens is 348 g/mol. The van der Waals surface area contributed by atoms with Crippen molar-refractivity contribution in [2.75, 3.05) is 0 Å². The van der Waals surface area contributed by atoms with Gasteiger partial charge in [-0.05, 0) is 47.4 Å². The Bertz CT molecular complexity index is 710. The van der Waals surface area contributed by atoms with E-state index in [9.17, 15) is 9.90 Å². The summed E-state index contributed by atoms with van der Waals surface area (Å²) in [6, 6.07) is 16.1. The summed E-state index contributed by atoms with van der Waals surface area (Å²) in [5.41, 5.74) is 15.0. The highest BCUT2D eigenvalue weighted by Crippen LogP contribution is 2.30. The van der Waals surface area contributed by atoms with Gasteiger partial charge >= 0.3 is 0 Å². The summed E-state index contributed by atoms with van der Waals surface area (Å²) in [5, 5.41) is 10.7. The number of unbranched alkanes of at least 4 members (excludes halogenated alkanes) is 2. The zero-order valence-electron chi connectivity index (χ0n) is 16.9. The molecule has 0 saturated carbocycles. The maximum Gasteiger partial charge on any atom is 0.217 e. The molecule has 2 rings (SSSR count). The van der Waals surface area contributed by atoms with Crippen LogP contribution in [0.15, 0.2) is 48.5 Å². The van der Waals surface area contributed by atoms with Crippen molar-refractivity contribution < 1.29 is 9.90 Å². The topological polar surface area (TPSA) is 89.3 Å². The van der Waals surface area contributed by atoms with Crippen molar-refractivity contribution in [1.82, 2.24) is 0 Å². The average molecular weight is 383 g/mol. The first-order valence-corrected chi connectivity index (χ1v) is 10.4. The summed E-state index contributed by atoms with van der Waals surface area (Å²) in [7, 11) is 0. The molecule has 0 fully saturated rings. The first-order chi connectivity index (χ1) is 13.5. The van der Waals surface area contributed by atoms with Crippen LogP contribution in [0, 0.1) is 0 Å². The van der Waals surface area contributed by atoms with Gasteiger partial charge in [-0.3, -0.25) is 4.79 Å². The zero-order chi connectivity index (χ0) is 20.4. The molecule has 0 spiro atoms. The molecule has 0 heterocycles. The van der Waals surface area contributed by atoms with Gasteiger partial charge in [0.15, 0.2) is 0 Å². The normalized spacial score (nSPS) is 13.2. The molecule has 0 aliphatic rings. The van der Waals surface area contributed by atoms with Crippen molar-refractivity contribution in [3.05, 3.63) is 70.8 Å². The lowest BCUT2D eigenvalue weighted by atomic mass is 9.87. The van der Waals surface area contributed by atoms with Crippen LogP contribution in [0.1, 0.15) is 86.1 Å². The smallest absolute Gasteiger partial charge is 0.217 e. The lowest BCUT2D eigenvalue weighted by molar-refractivity contribution is -0.118. The molecule has 152 valence electrons. The van der Waals surface area contributed by atoms with E-state index in [0.29, 0.717) is 18.9 Å². The van der Waals surface area contributed by atoms with E-state index in [4.69, 9.17) is 11.5 Å². The van der Waals surface area contributed by atoms with Crippen LogP contribution in [0.4, 0.5) is 0 Å². The van der Waals surface area contributed by atoms with Crippen LogP contribution in [-0.4, -0.2) is 11.0 Å². The van der Waals surface area contributed by atoms with Gasteiger partial charge in [-0.15, -0.1) is 0 Å². The number of primary amides is 1. The average Bonchev–Trinajstić information content (AvgIpc) is 2.73. The van der Waals surface area contributed by atoms with E-state index in [0.717, 1.165) is 42.4 Å². The third-order valence-electron chi connectivity index (χ3n) is 5.39. The third kappa shape index (κ3) is 6.77. The summed E-state index contributed by atoms with van der Waals surface area (Å²) in [5.74, 6) is 0.269. The molecule has 0 saturated heterocycles. The number of aliphatic hydroxyl groups is 1. The predicted octanol–water partition coefficient (Wildman–Crippen LogP) is 4.55. The number of amides is 1. The molecule has 2 aromatic rings. The van der Waals surface area contributed by atoms with E-state index in [2.05, 4.69) is 19.1 Å². The fourth-order valence-electron chi connectivity index (χ4n) is 3.60. The quantitative estimate of drug-likeness (QED) is 0.471. The molecule has 0 aliphatic carbocycles. The number of hydrogen-bond acceptors (Lipinski definition) is 3. The highest BCUT2D eigenvalue weighted by molar-refractivity contribution is 5.73. The van der Waals surface area contributed by atoms with E-state index in [1.165, 1.54) is 18.4 Å². The fraction of sp³-hybridized carbons (Fsp3) is 0.458. The van der Waals surface area contributed by atoms with E-state index in [1.807, 2.05) is 36.4 Å². The van der Waals surface area contributed by atoms with Crippen LogP contribution in [0.25, 0.3) is 0 Å². The van der Waals surface area contributed by atoms with Crippen molar-refractivity contribution in [2.24, 2.45) is 11.5 Å². The molecule has 0 bridgehead atoms. The van der Waals surface area contributed by atoms with E-state index < -0.39 is 6.10 Å². The highest BCUT2D eigenvalue weighted by atomic mass is 16.3. The summed E-state index contributed by atoms with van der Waals surface area (Å²) >= 11 is 0. The van der Waals surface area contributed by atoms with E-state index in [1.54, 1.807) is 0 Å². The minimum Gasteiger partial charge on any atom is -0.384 e. The van der Waals surface area contributed by atoms with Gasteiger partial charge in [-0.2, -0.15) is 0 Å². The van der Waals surface area contributed by atoms with Crippen LogP contribution >= 0.6 is 0 Å². The van der Waals surface area contributed by atoms with Crippen molar-refractivity contribution in [3.63, 3.8) is 0 Å². The van der Waals surface area contributed by atoms with Gasteiger partial charge in [0.05, 0.1) is 0 Å². The molecule has 0 aliphatic heterocycles. The summed E-state index contributed by atoms with van der Waals surface area (Å²) < 4.78 is 0. The lowest BCUT2D eigenvalue weighted by Gasteiger charge is -2.19. The van der Waals surface area contributed by atoms with Crippen LogP contribution in [0.5, 0.6) is 0 Å². The number of carbonyl (C=O) groups excluding carboxylic acids is 1. The van der Waals surface area contributed by atoms with Crippen LogP contribution < -0.4 is 11.5 Å². The standard InChI is InChI=1S/C24H34N2O2/c1-2-3-6-19(7-4-5-8-23(26)27)20-13-15-22(16-14-20)24(28)21-11-9-18(17-25)10-12-21/h9-16,19,24,28H,2-8,17,25H2,1H3,(H2,26,27). The number of aliphatic hydroxyl groups excluding tert-OH is 1. The van der Waals surface area contributed by atoms with Crippen LogP contribution in [-0.2, 0) is 11.3 Å². The Labute approximate surface area is 169 Å². The van der Waals surface area contributed by atoms with Crippen molar-refractivity contribution in [2.45, 2.75) is 70.4 Å². The lowest BCUT2D eigenvalue weighted by Crippen LogP contribution is -2.10. The number of carbonyl (C=O) groups is 1. The Morgan fingerprint density at radius 3 is 1.96 bits per heavy atom. The second-order valence-electron chi connectivity index (χ2n) is 7.57. The SMILES string of the molecule is CCCCC(CCCCC(N)=O)c1ccc(C(O)c2ccc(CN)cc2)cc1. The number of rotatable bonds is 12.